The Balaban J connectivity index is 1.07. The number of hydrogen-bond acceptors (Lipinski definition) is 5. The second kappa shape index (κ2) is 6.47. The summed E-state index contributed by atoms with van der Waals surface area (Å²) in [4.78, 5) is 17.0. The Morgan fingerprint density at radius 1 is 1.24 bits per heavy atom. The van der Waals surface area contributed by atoms with Crippen molar-refractivity contribution in [3.63, 3.8) is 0 Å². The number of nitrogens with zero attached hydrogens (tertiary/aromatic N) is 4. The number of anilines is 1. The molecule has 0 spiro atoms. The summed E-state index contributed by atoms with van der Waals surface area (Å²) in [5, 5.41) is 2.03. The number of likely N-dealkylation sites (tertiary alicyclic amines) is 1. The molecule has 0 unspecified atom stereocenters. The fraction of sp³-hybridized carbons (Fsp3) is 0.684. The molecule has 1 N–H and O–H groups in total. The lowest BCUT2D eigenvalue weighted by Gasteiger charge is -2.44. The van der Waals surface area contributed by atoms with Gasteiger partial charge in [-0.25, -0.2) is 9.97 Å². The van der Waals surface area contributed by atoms with Gasteiger partial charge in [-0.3, -0.25) is 0 Å². The van der Waals surface area contributed by atoms with Crippen molar-refractivity contribution in [1.29, 1.82) is 0 Å². The lowest BCUT2D eigenvalue weighted by molar-refractivity contribution is 0.182. The third-order valence-electron chi connectivity index (χ3n) is 6.13. The van der Waals surface area contributed by atoms with Gasteiger partial charge in [-0.05, 0) is 49.3 Å². The van der Waals surface area contributed by atoms with Crippen molar-refractivity contribution in [2.75, 3.05) is 37.3 Å². The highest BCUT2D eigenvalue weighted by molar-refractivity contribution is 8.00. The lowest BCUT2D eigenvalue weighted by Crippen LogP contribution is -2.50. The van der Waals surface area contributed by atoms with Crippen molar-refractivity contribution < 1.29 is 0 Å². The molecule has 1 aliphatic heterocycles. The summed E-state index contributed by atoms with van der Waals surface area (Å²) in [5.74, 6) is 4.34. The van der Waals surface area contributed by atoms with E-state index in [2.05, 4.69) is 49.6 Å². The van der Waals surface area contributed by atoms with Gasteiger partial charge in [-0.1, -0.05) is 0 Å². The van der Waals surface area contributed by atoms with Crippen LogP contribution in [0.5, 0.6) is 0 Å². The molecule has 0 bridgehead atoms. The summed E-state index contributed by atoms with van der Waals surface area (Å²) in [5.41, 5.74) is 0.934. The zero-order valence-electron chi connectivity index (χ0n) is 14.9. The van der Waals surface area contributed by atoms with Gasteiger partial charge in [-0.2, -0.15) is 11.8 Å². The van der Waals surface area contributed by atoms with E-state index in [1.165, 1.54) is 51.1 Å². The second-order valence-electron chi connectivity index (χ2n) is 8.16. The van der Waals surface area contributed by atoms with Gasteiger partial charge in [0.2, 0.25) is 0 Å². The summed E-state index contributed by atoms with van der Waals surface area (Å²) < 4.78 is 0. The molecule has 2 aliphatic carbocycles. The SMILES string of the molecule is CN(c1ncnc2[nH]ccc12)C1CC(CSC2CN(CC3CC3)C2)C1. The number of rotatable bonds is 7. The van der Waals surface area contributed by atoms with E-state index in [9.17, 15) is 0 Å². The predicted molar refractivity (Wildman–Crippen MR) is 104 cm³/mol. The molecular formula is C19H27N5S. The van der Waals surface area contributed by atoms with Crippen LogP contribution in [0.3, 0.4) is 0 Å². The number of aromatic amines is 1. The van der Waals surface area contributed by atoms with E-state index in [4.69, 9.17) is 0 Å². The topological polar surface area (TPSA) is 48.1 Å². The van der Waals surface area contributed by atoms with E-state index in [1.807, 2.05) is 6.20 Å². The predicted octanol–water partition coefficient (Wildman–Crippen LogP) is 3.00. The zero-order valence-corrected chi connectivity index (χ0v) is 15.7. The van der Waals surface area contributed by atoms with E-state index < -0.39 is 0 Å². The van der Waals surface area contributed by atoms with Gasteiger partial charge >= 0.3 is 0 Å². The van der Waals surface area contributed by atoms with Gasteiger partial charge < -0.3 is 14.8 Å². The van der Waals surface area contributed by atoms with Crippen LogP contribution in [-0.2, 0) is 0 Å². The van der Waals surface area contributed by atoms with Crippen LogP contribution in [0.25, 0.3) is 11.0 Å². The lowest BCUT2D eigenvalue weighted by atomic mass is 9.81. The molecule has 0 aromatic carbocycles. The van der Waals surface area contributed by atoms with Crippen molar-refractivity contribution in [3.05, 3.63) is 18.6 Å². The summed E-state index contributed by atoms with van der Waals surface area (Å²) in [6, 6.07) is 2.71. The Hall–Kier alpha value is -1.27. The van der Waals surface area contributed by atoms with Gasteiger partial charge in [0.05, 0.1) is 5.39 Å². The van der Waals surface area contributed by atoms with Crippen LogP contribution in [0.15, 0.2) is 18.6 Å². The summed E-state index contributed by atoms with van der Waals surface area (Å²) >= 11 is 2.22. The van der Waals surface area contributed by atoms with Crippen LogP contribution >= 0.6 is 11.8 Å². The maximum atomic E-state index is 4.52. The van der Waals surface area contributed by atoms with Crippen molar-refractivity contribution in [3.8, 4) is 0 Å². The van der Waals surface area contributed by atoms with Crippen LogP contribution in [0.2, 0.25) is 0 Å². The minimum Gasteiger partial charge on any atom is -0.356 e. The molecule has 134 valence electrons. The van der Waals surface area contributed by atoms with E-state index in [0.29, 0.717) is 6.04 Å². The Morgan fingerprint density at radius 2 is 2.08 bits per heavy atom. The first-order chi connectivity index (χ1) is 12.3. The van der Waals surface area contributed by atoms with Crippen LogP contribution in [0.1, 0.15) is 25.7 Å². The first kappa shape index (κ1) is 15.9. The highest BCUT2D eigenvalue weighted by Crippen LogP contribution is 2.39. The molecule has 3 fully saturated rings. The average molecular weight is 358 g/mol. The summed E-state index contributed by atoms with van der Waals surface area (Å²) in [7, 11) is 2.19. The highest BCUT2D eigenvalue weighted by Gasteiger charge is 2.36. The van der Waals surface area contributed by atoms with Crippen LogP contribution in [0.4, 0.5) is 5.82 Å². The Kier molecular flexibility index (Phi) is 4.13. The monoisotopic (exact) mass is 357 g/mol. The molecule has 6 heteroatoms. The van der Waals surface area contributed by atoms with E-state index in [0.717, 1.165) is 33.9 Å². The van der Waals surface area contributed by atoms with E-state index in [-0.39, 0.29) is 0 Å². The zero-order chi connectivity index (χ0) is 16.8. The Bertz CT molecular complexity index is 730. The number of thioether (sulfide) groups is 1. The number of H-pyrrole nitrogens is 1. The van der Waals surface area contributed by atoms with Crippen molar-refractivity contribution in [2.24, 2.45) is 11.8 Å². The molecule has 3 aliphatic rings. The summed E-state index contributed by atoms with van der Waals surface area (Å²) in [6.45, 7) is 4.05. The number of fused-ring (bicyclic) bond motifs is 1. The molecular weight excluding hydrogens is 330 g/mol. The molecule has 0 atom stereocenters. The number of hydrogen-bond donors (Lipinski definition) is 1. The van der Waals surface area contributed by atoms with E-state index >= 15 is 0 Å². The minimum absolute atomic E-state index is 0.631. The number of nitrogens with one attached hydrogen (secondary N) is 1. The van der Waals surface area contributed by atoms with Crippen LogP contribution in [-0.4, -0.2) is 63.6 Å². The molecule has 0 amide bonds. The Labute approximate surface area is 153 Å². The van der Waals surface area contributed by atoms with Gasteiger partial charge in [0.15, 0.2) is 0 Å². The Morgan fingerprint density at radius 3 is 2.88 bits per heavy atom. The molecule has 1 saturated heterocycles. The fourth-order valence-corrected chi connectivity index (χ4v) is 5.63. The maximum absolute atomic E-state index is 4.52. The molecule has 25 heavy (non-hydrogen) atoms. The smallest absolute Gasteiger partial charge is 0.142 e. The first-order valence-electron chi connectivity index (χ1n) is 9.61. The van der Waals surface area contributed by atoms with Crippen LogP contribution in [0, 0.1) is 11.8 Å². The van der Waals surface area contributed by atoms with Crippen molar-refractivity contribution in [2.45, 2.75) is 37.0 Å². The van der Waals surface area contributed by atoms with Gasteiger partial charge in [-0.15, -0.1) is 0 Å². The fourth-order valence-electron chi connectivity index (χ4n) is 4.18. The van der Waals surface area contributed by atoms with Gasteiger partial charge in [0, 0.05) is 44.2 Å². The molecule has 5 nitrogen and oxygen atoms in total. The number of aromatic nitrogens is 3. The first-order valence-corrected chi connectivity index (χ1v) is 10.7. The third-order valence-corrected chi connectivity index (χ3v) is 7.56. The normalized spacial score (nSPS) is 27.2. The molecule has 3 heterocycles. The molecule has 2 aromatic rings. The van der Waals surface area contributed by atoms with Gasteiger partial charge in [0.25, 0.3) is 0 Å². The molecule has 2 saturated carbocycles. The molecule has 0 radical (unpaired) electrons. The van der Waals surface area contributed by atoms with Crippen molar-refractivity contribution in [1.82, 2.24) is 19.9 Å². The second-order valence-corrected chi connectivity index (χ2v) is 9.49. The highest BCUT2D eigenvalue weighted by atomic mass is 32.2. The largest absolute Gasteiger partial charge is 0.356 e. The minimum atomic E-state index is 0.631. The quantitative estimate of drug-likeness (QED) is 0.825. The average Bonchev–Trinajstić information content (AvgIpc) is 3.23. The van der Waals surface area contributed by atoms with Crippen molar-refractivity contribution >= 4 is 28.6 Å². The standard InChI is InChI=1S/C19H27N5S/c1-23(19-17-4-5-20-18(17)21-12-22-19)15-6-14(7-15)11-25-16-9-24(10-16)8-13-2-3-13/h4-5,12-16H,2-3,6-11H2,1H3,(H,20,21,22). The maximum Gasteiger partial charge on any atom is 0.142 e. The third kappa shape index (κ3) is 3.26. The molecule has 5 rings (SSSR count). The van der Waals surface area contributed by atoms with Gasteiger partial charge in [0.1, 0.15) is 17.8 Å². The molecule has 2 aromatic heterocycles. The summed E-state index contributed by atoms with van der Waals surface area (Å²) in [6.07, 6.45) is 9.18. The van der Waals surface area contributed by atoms with Crippen LogP contribution < -0.4 is 4.90 Å². The van der Waals surface area contributed by atoms with E-state index in [1.54, 1.807) is 6.33 Å².